The fourth-order valence-electron chi connectivity index (χ4n) is 0.922. The zero-order valence-electron chi connectivity index (χ0n) is 7.40. The van der Waals surface area contributed by atoms with Gasteiger partial charge in [-0.3, -0.25) is 9.00 Å². The van der Waals surface area contributed by atoms with Gasteiger partial charge in [0.2, 0.25) is 0 Å². The molecule has 74 valence electrons. The second-order valence-corrected chi connectivity index (χ2v) is 5.19. The van der Waals surface area contributed by atoms with E-state index in [1.54, 1.807) is 24.3 Å². The molecule has 0 aliphatic carbocycles. The molecule has 1 rings (SSSR count). The summed E-state index contributed by atoms with van der Waals surface area (Å²) in [6.07, 6.45) is 0. The Morgan fingerprint density at radius 3 is 2.64 bits per heavy atom. The normalized spacial score (nSPS) is 12.1. The summed E-state index contributed by atoms with van der Waals surface area (Å²) in [6.45, 7) is 3.59. The van der Waals surface area contributed by atoms with Crippen LogP contribution in [0.1, 0.15) is 0 Å². The molecule has 0 aliphatic heterocycles. The summed E-state index contributed by atoms with van der Waals surface area (Å²) in [6, 6.07) is 8.04. The average Bonchev–Trinajstić information content (AvgIpc) is 2.28. The Hall–Kier alpha value is -0.740. The van der Waals surface area contributed by atoms with Crippen molar-refractivity contribution in [2.75, 3.05) is 5.75 Å². The van der Waals surface area contributed by atoms with Crippen LogP contribution in [0.25, 0.3) is 0 Å². The van der Waals surface area contributed by atoms with Gasteiger partial charge in [-0.1, -0.05) is 40.7 Å². The third-order valence-electron chi connectivity index (χ3n) is 1.49. The fourth-order valence-corrected chi connectivity index (χ4v) is 2.51. The van der Waals surface area contributed by atoms with E-state index in [1.807, 2.05) is 0 Å². The molecule has 0 radical (unpaired) electrons. The maximum absolute atomic E-state index is 11.6. The monoisotopic (exact) mass is 272 g/mol. The lowest BCUT2D eigenvalue weighted by Crippen LogP contribution is -2.08. The van der Waals surface area contributed by atoms with Gasteiger partial charge in [0.05, 0.1) is 21.4 Å². The number of hydrogen-bond donors (Lipinski definition) is 0. The second kappa shape index (κ2) is 5.22. The molecule has 1 aromatic rings. The van der Waals surface area contributed by atoms with Crippen LogP contribution in [-0.4, -0.2) is 9.96 Å². The molecule has 0 N–H and O–H groups in total. The number of hydrogen-bond acceptors (Lipinski definition) is 2. The minimum absolute atomic E-state index is 0.206. The van der Waals surface area contributed by atoms with Gasteiger partial charge in [0.25, 0.3) is 0 Å². The van der Waals surface area contributed by atoms with E-state index in [0.29, 0.717) is 9.38 Å². The van der Waals surface area contributed by atoms with Crippen LogP contribution in [-0.2, 0) is 10.8 Å². The van der Waals surface area contributed by atoms with Crippen molar-refractivity contribution in [2.24, 2.45) is 0 Å². The number of halogens is 1. The molecule has 0 saturated heterocycles. The van der Waals surface area contributed by atoms with E-state index >= 15 is 0 Å². The van der Waals surface area contributed by atoms with Gasteiger partial charge in [-0.15, -0.1) is 0 Å². The Bertz CT molecular complexity index is 429. The molecule has 0 spiro atoms. The maximum Gasteiger partial charge on any atom is 0.194 e. The summed E-state index contributed by atoms with van der Waals surface area (Å²) in [7, 11) is -1.32. The van der Waals surface area contributed by atoms with Crippen molar-refractivity contribution < 1.29 is 4.21 Å². The van der Waals surface area contributed by atoms with E-state index in [-0.39, 0.29) is 11.2 Å². The van der Waals surface area contributed by atoms with Gasteiger partial charge in [-0.2, -0.15) is 0 Å². The quantitative estimate of drug-likeness (QED) is 0.844. The van der Waals surface area contributed by atoms with Crippen molar-refractivity contribution in [1.29, 1.82) is 0 Å². The Morgan fingerprint density at radius 2 is 2.00 bits per heavy atom. The zero-order chi connectivity index (χ0) is 10.6. The van der Waals surface area contributed by atoms with Crippen LogP contribution < -0.4 is 5.43 Å². The molecule has 0 aliphatic rings. The van der Waals surface area contributed by atoms with Crippen LogP contribution in [0.4, 0.5) is 0 Å². The SMILES string of the molecule is C=C(Br)CS(=O)c1cccccc1=O. The lowest BCUT2D eigenvalue weighted by atomic mass is 10.5. The van der Waals surface area contributed by atoms with Crippen LogP contribution in [0, 0.1) is 0 Å². The lowest BCUT2D eigenvalue weighted by molar-refractivity contribution is 0.684. The topological polar surface area (TPSA) is 34.1 Å². The van der Waals surface area contributed by atoms with Crippen molar-refractivity contribution in [1.82, 2.24) is 0 Å². The van der Waals surface area contributed by atoms with E-state index in [0.717, 1.165) is 0 Å². The molecule has 1 aromatic carbocycles. The molecular weight excluding hydrogens is 264 g/mol. The van der Waals surface area contributed by atoms with E-state index in [2.05, 4.69) is 22.5 Å². The lowest BCUT2D eigenvalue weighted by Gasteiger charge is -1.96. The van der Waals surface area contributed by atoms with Crippen molar-refractivity contribution in [2.45, 2.75) is 4.90 Å². The van der Waals surface area contributed by atoms with E-state index in [4.69, 9.17) is 0 Å². The van der Waals surface area contributed by atoms with Crippen LogP contribution in [0.5, 0.6) is 0 Å². The van der Waals surface area contributed by atoms with Gasteiger partial charge in [-0.05, 0) is 12.1 Å². The molecule has 1 atom stereocenters. The highest BCUT2D eigenvalue weighted by atomic mass is 79.9. The molecule has 4 heteroatoms. The maximum atomic E-state index is 11.6. The molecular formula is C10H9BrO2S. The molecule has 0 saturated carbocycles. The standard InChI is InChI=1S/C10H9BrO2S/c1-8(11)7-14(13)10-6-4-2-3-5-9(10)12/h2-6H,1,7H2. The van der Waals surface area contributed by atoms with Crippen LogP contribution in [0.15, 0.2) is 51.1 Å². The summed E-state index contributed by atoms with van der Waals surface area (Å²) >= 11 is 3.12. The van der Waals surface area contributed by atoms with Crippen molar-refractivity contribution in [3.8, 4) is 0 Å². The van der Waals surface area contributed by atoms with Crippen molar-refractivity contribution in [3.05, 3.63) is 51.6 Å². The predicted molar refractivity (Wildman–Crippen MR) is 62.1 cm³/mol. The predicted octanol–water partition coefficient (Wildman–Crippen LogP) is 2.06. The molecule has 2 nitrogen and oxygen atoms in total. The second-order valence-electron chi connectivity index (χ2n) is 2.65. The summed E-state index contributed by atoms with van der Waals surface area (Å²) in [5, 5.41) is 0. The Balaban J connectivity index is 3.09. The van der Waals surface area contributed by atoms with Crippen LogP contribution >= 0.6 is 15.9 Å². The van der Waals surface area contributed by atoms with Crippen molar-refractivity contribution >= 4 is 26.7 Å². The highest BCUT2D eigenvalue weighted by Gasteiger charge is 2.06. The smallest absolute Gasteiger partial charge is 0.194 e. The largest absolute Gasteiger partial charge is 0.289 e. The molecule has 0 bridgehead atoms. The molecule has 14 heavy (non-hydrogen) atoms. The summed E-state index contributed by atoms with van der Waals surface area (Å²) < 4.78 is 12.3. The first kappa shape index (κ1) is 11.3. The molecule has 1 unspecified atom stereocenters. The zero-order valence-corrected chi connectivity index (χ0v) is 9.81. The Kier molecular flexibility index (Phi) is 4.22. The van der Waals surface area contributed by atoms with Crippen LogP contribution in [0.3, 0.4) is 0 Å². The minimum atomic E-state index is -1.32. The first-order valence-corrected chi connectivity index (χ1v) is 6.03. The third-order valence-corrected chi connectivity index (χ3v) is 3.58. The van der Waals surface area contributed by atoms with Gasteiger partial charge in [0.15, 0.2) is 5.43 Å². The summed E-state index contributed by atoms with van der Waals surface area (Å²) in [4.78, 5) is 11.7. The fraction of sp³-hybridized carbons (Fsp3) is 0.100. The van der Waals surface area contributed by atoms with Gasteiger partial charge in [-0.25, -0.2) is 0 Å². The first-order valence-electron chi connectivity index (χ1n) is 3.92. The summed E-state index contributed by atoms with van der Waals surface area (Å²) in [5.41, 5.74) is -0.206. The molecule has 0 aromatic heterocycles. The van der Waals surface area contributed by atoms with E-state index in [9.17, 15) is 9.00 Å². The Labute approximate surface area is 93.3 Å². The number of rotatable bonds is 3. The van der Waals surface area contributed by atoms with Crippen molar-refractivity contribution in [3.63, 3.8) is 0 Å². The van der Waals surface area contributed by atoms with Gasteiger partial charge in [0.1, 0.15) is 0 Å². The van der Waals surface area contributed by atoms with Gasteiger partial charge >= 0.3 is 0 Å². The highest BCUT2D eigenvalue weighted by Crippen LogP contribution is 2.07. The highest BCUT2D eigenvalue weighted by molar-refractivity contribution is 9.11. The van der Waals surface area contributed by atoms with E-state index in [1.165, 1.54) is 6.07 Å². The Morgan fingerprint density at radius 1 is 1.36 bits per heavy atom. The van der Waals surface area contributed by atoms with Crippen LogP contribution in [0.2, 0.25) is 0 Å². The first-order chi connectivity index (χ1) is 6.61. The molecule has 0 fully saturated rings. The van der Waals surface area contributed by atoms with Gasteiger partial charge in [0, 0.05) is 4.48 Å². The average molecular weight is 273 g/mol. The minimum Gasteiger partial charge on any atom is -0.289 e. The van der Waals surface area contributed by atoms with Gasteiger partial charge < -0.3 is 0 Å². The summed E-state index contributed by atoms with van der Waals surface area (Å²) in [5.74, 6) is 0.263. The molecule has 0 heterocycles. The van der Waals surface area contributed by atoms with E-state index < -0.39 is 10.8 Å². The molecule has 0 amide bonds. The third kappa shape index (κ3) is 3.20.